The van der Waals surface area contributed by atoms with E-state index >= 15 is 0 Å². The molecule has 1 unspecified atom stereocenters. The van der Waals surface area contributed by atoms with Crippen LogP contribution in [0.4, 0.5) is 0 Å². The van der Waals surface area contributed by atoms with Crippen LogP contribution < -0.4 is 0 Å². The lowest BCUT2D eigenvalue weighted by Crippen LogP contribution is -2.36. The maximum absolute atomic E-state index is 12.7. The highest BCUT2D eigenvalue weighted by Gasteiger charge is 2.52. The molecule has 0 N–H and O–H groups in total. The van der Waals surface area contributed by atoms with E-state index < -0.39 is 21.5 Å². The monoisotopic (exact) mass is 350 g/mol. The first kappa shape index (κ1) is 18.4. The second kappa shape index (κ2) is 6.91. The van der Waals surface area contributed by atoms with E-state index in [0.717, 1.165) is 16.3 Å². The van der Waals surface area contributed by atoms with Crippen molar-refractivity contribution < 1.29 is 17.9 Å². The Bertz CT molecular complexity index is 746. The molecule has 0 radical (unpaired) electrons. The summed E-state index contributed by atoms with van der Waals surface area (Å²) in [5, 5.41) is 9.18. The number of rotatable bonds is 7. The molecule has 0 amide bonds. The Hall–Kier alpha value is -1.91. The minimum Gasteiger partial charge on any atom is -0.468 e. The number of carbonyl (C=O) groups is 1. The topological polar surface area (TPSA) is 87.5 Å². The van der Waals surface area contributed by atoms with Crippen LogP contribution in [0.2, 0.25) is 0 Å². The Morgan fingerprint density at radius 2 is 1.96 bits per heavy atom. The minimum absolute atomic E-state index is 0.116. The van der Waals surface area contributed by atoms with Gasteiger partial charge in [0.05, 0.1) is 23.5 Å². The molecule has 24 heavy (non-hydrogen) atoms. The summed E-state index contributed by atoms with van der Waals surface area (Å²) < 4.78 is 31.3. The molecule has 0 bridgehead atoms. The van der Waals surface area contributed by atoms with Gasteiger partial charge in [-0.25, -0.2) is 8.42 Å². The maximum Gasteiger partial charge on any atom is 0.316 e. The van der Waals surface area contributed by atoms with Crippen LogP contribution in [-0.4, -0.2) is 38.9 Å². The molecule has 1 aromatic carbocycles. The molecule has 1 aromatic rings. The Balaban J connectivity index is 2.27. The fourth-order valence-corrected chi connectivity index (χ4v) is 4.11. The molecule has 0 spiro atoms. The molecule has 2 rings (SSSR count). The van der Waals surface area contributed by atoms with E-state index in [1.54, 1.807) is 12.1 Å². The second-order valence-corrected chi connectivity index (χ2v) is 8.05. The summed E-state index contributed by atoms with van der Waals surface area (Å²) in [4.78, 5) is 12.0. The van der Waals surface area contributed by atoms with Crippen molar-refractivity contribution in [1.29, 1.82) is 5.26 Å². The van der Waals surface area contributed by atoms with Crippen LogP contribution in [0.5, 0.6) is 0 Å². The van der Waals surface area contributed by atoms with Crippen molar-refractivity contribution in [3.05, 3.63) is 29.8 Å². The molecule has 1 saturated carbocycles. The molecule has 7 heteroatoms. The number of esters is 1. The summed E-state index contributed by atoms with van der Waals surface area (Å²) in [5.74, 6) is -0.289. The molecule has 1 fully saturated rings. The third-order valence-electron chi connectivity index (χ3n) is 4.56. The van der Waals surface area contributed by atoms with Crippen molar-refractivity contribution in [3.63, 3.8) is 0 Å². The average Bonchev–Trinajstić information content (AvgIpc) is 3.40. The van der Waals surface area contributed by atoms with E-state index in [2.05, 4.69) is 0 Å². The molecule has 0 heterocycles. The summed E-state index contributed by atoms with van der Waals surface area (Å²) >= 11 is 0. The Morgan fingerprint density at radius 1 is 1.38 bits per heavy atom. The summed E-state index contributed by atoms with van der Waals surface area (Å²) in [6, 6.07) is 7.64. The fraction of sp³-hybridized carbons (Fsp3) is 0.529. The van der Waals surface area contributed by atoms with Crippen LogP contribution in [0.3, 0.4) is 0 Å². The van der Waals surface area contributed by atoms with Gasteiger partial charge in [-0.05, 0) is 37.0 Å². The second-order valence-electron chi connectivity index (χ2n) is 6.05. The van der Waals surface area contributed by atoms with Crippen LogP contribution in [0, 0.1) is 11.3 Å². The van der Waals surface area contributed by atoms with Gasteiger partial charge in [-0.2, -0.15) is 9.57 Å². The molecule has 1 aliphatic carbocycles. The molecule has 1 atom stereocenters. The van der Waals surface area contributed by atoms with Gasteiger partial charge in [-0.15, -0.1) is 0 Å². The SMILES string of the molecule is CCCC(C#N)N(C)S(=O)(=O)c1ccc(C2(C(=O)OC)CC2)cc1. The lowest BCUT2D eigenvalue weighted by molar-refractivity contribution is -0.143. The highest BCUT2D eigenvalue weighted by molar-refractivity contribution is 7.89. The third kappa shape index (κ3) is 3.17. The molecule has 1 aliphatic rings. The maximum atomic E-state index is 12.7. The summed E-state index contributed by atoms with van der Waals surface area (Å²) in [7, 11) is -0.972. The van der Waals surface area contributed by atoms with E-state index in [1.807, 2.05) is 13.0 Å². The normalized spacial score (nSPS) is 17.1. The molecular formula is C17H22N2O4S. The smallest absolute Gasteiger partial charge is 0.316 e. The average molecular weight is 350 g/mol. The lowest BCUT2D eigenvalue weighted by atomic mass is 9.96. The number of nitrogens with zero attached hydrogens (tertiary/aromatic N) is 2. The van der Waals surface area contributed by atoms with Crippen molar-refractivity contribution in [2.45, 2.75) is 49.0 Å². The Labute approximate surface area is 143 Å². The van der Waals surface area contributed by atoms with Crippen LogP contribution in [-0.2, 0) is 25.0 Å². The van der Waals surface area contributed by atoms with Gasteiger partial charge in [0.2, 0.25) is 10.0 Å². The highest BCUT2D eigenvalue weighted by atomic mass is 32.2. The molecular weight excluding hydrogens is 328 g/mol. The van der Waals surface area contributed by atoms with Crippen LogP contribution in [0.25, 0.3) is 0 Å². The molecule has 130 valence electrons. The van der Waals surface area contributed by atoms with Crippen molar-refractivity contribution in [1.82, 2.24) is 4.31 Å². The van der Waals surface area contributed by atoms with Crippen molar-refractivity contribution in [2.24, 2.45) is 0 Å². The number of ether oxygens (including phenoxy) is 1. The number of sulfonamides is 1. The zero-order chi connectivity index (χ0) is 18.0. The Kier molecular flexibility index (Phi) is 5.31. The first-order valence-electron chi connectivity index (χ1n) is 7.90. The number of methoxy groups -OCH3 is 1. The van der Waals surface area contributed by atoms with Crippen molar-refractivity contribution in [2.75, 3.05) is 14.2 Å². The number of carbonyl (C=O) groups excluding carboxylic acids is 1. The molecule has 0 aliphatic heterocycles. The number of hydrogen-bond donors (Lipinski definition) is 0. The first-order valence-corrected chi connectivity index (χ1v) is 9.34. The van der Waals surface area contributed by atoms with Crippen molar-refractivity contribution >= 4 is 16.0 Å². The summed E-state index contributed by atoms with van der Waals surface area (Å²) in [6.45, 7) is 1.90. The van der Waals surface area contributed by atoms with Crippen LogP contribution >= 0.6 is 0 Å². The number of nitriles is 1. The van der Waals surface area contributed by atoms with Gasteiger partial charge in [0, 0.05) is 7.05 Å². The standard InChI is InChI=1S/C17H22N2O4S/c1-4-5-14(12-18)19(2)24(21,22)15-8-6-13(7-9-15)17(10-11-17)16(20)23-3/h6-9,14H,4-5,10-11H2,1-3H3. The first-order chi connectivity index (χ1) is 11.3. The fourth-order valence-electron chi connectivity index (χ4n) is 2.81. The zero-order valence-electron chi connectivity index (χ0n) is 14.2. The quantitative estimate of drug-likeness (QED) is 0.704. The van der Waals surface area contributed by atoms with E-state index in [0.29, 0.717) is 19.3 Å². The van der Waals surface area contributed by atoms with Gasteiger partial charge in [-0.1, -0.05) is 25.5 Å². The van der Waals surface area contributed by atoms with Gasteiger partial charge < -0.3 is 4.74 Å². The van der Waals surface area contributed by atoms with Gasteiger partial charge >= 0.3 is 5.97 Å². The molecule has 0 saturated heterocycles. The number of hydrogen-bond acceptors (Lipinski definition) is 5. The van der Waals surface area contributed by atoms with Gasteiger partial charge in [0.1, 0.15) is 6.04 Å². The van der Waals surface area contributed by atoms with Gasteiger partial charge in [0.25, 0.3) is 0 Å². The van der Waals surface area contributed by atoms with Crippen LogP contribution in [0.1, 0.15) is 38.2 Å². The van der Waals surface area contributed by atoms with Gasteiger partial charge in [0.15, 0.2) is 0 Å². The van der Waals surface area contributed by atoms with Crippen molar-refractivity contribution in [3.8, 4) is 6.07 Å². The zero-order valence-corrected chi connectivity index (χ0v) is 15.0. The van der Waals surface area contributed by atoms with Gasteiger partial charge in [-0.3, -0.25) is 4.79 Å². The summed E-state index contributed by atoms with van der Waals surface area (Å²) in [5.41, 5.74) is 0.140. The lowest BCUT2D eigenvalue weighted by Gasteiger charge is -2.22. The number of benzene rings is 1. The van der Waals surface area contributed by atoms with E-state index in [1.165, 1.54) is 26.3 Å². The van der Waals surface area contributed by atoms with E-state index in [9.17, 15) is 18.5 Å². The Morgan fingerprint density at radius 3 is 2.38 bits per heavy atom. The van der Waals surface area contributed by atoms with E-state index in [4.69, 9.17) is 4.74 Å². The third-order valence-corrected chi connectivity index (χ3v) is 6.44. The predicted octanol–water partition coefficient (Wildman–Crippen LogP) is 2.20. The largest absolute Gasteiger partial charge is 0.468 e. The molecule has 0 aromatic heterocycles. The molecule has 6 nitrogen and oxygen atoms in total. The summed E-state index contributed by atoms with van der Waals surface area (Å²) in [6.07, 6.45) is 2.62. The van der Waals surface area contributed by atoms with Crippen LogP contribution in [0.15, 0.2) is 29.2 Å². The van der Waals surface area contributed by atoms with E-state index in [-0.39, 0.29) is 10.9 Å². The highest BCUT2D eigenvalue weighted by Crippen LogP contribution is 2.49. The predicted molar refractivity (Wildman–Crippen MR) is 88.6 cm³/mol. The minimum atomic E-state index is -3.75.